The van der Waals surface area contributed by atoms with E-state index in [0.29, 0.717) is 13.2 Å². The second-order valence-electron chi connectivity index (χ2n) is 4.46. The van der Waals surface area contributed by atoms with Crippen LogP contribution in [0.1, 0.15) is 26.7 Å². The van der Waals surface area contributed by atoms with Crippen LogP contribution in [-0.2, 0) is 19.0 Å². The van der Waals surface area contributed by atoms with Crippen LogP contribution in [0.2, 0.25) is 0 Å². The van der Waals surface area contributed by atoms with Crippen molar-refractivity contribution in [3.05, 3.63) is 0 Å². The number of rotatable bonds is 7. The fourth-order valence-electron chi connectivity index (χ4n) is 2.32. The Balaban J connectivity index is 2.42. The van der Waals surface area contributed by atoms with E-state index in [9.17, 15) is 4.79 Å². The molecule has 106 valence electrons. The van der Waals surface area contributed by atoms with Crippen LogP contribution in [0, 0.1) is 5.92 Å². The van der Waals surface area contributed by atoms with Gasteiger partial charge in [0.05, 0.1) is 13.0 Å². The van der Waals surface area contributed by atoms with Gasteiger partial charge in [-0.3, -0.25) is 9.69 Å². The van der Waals surface area contributed by atoms with E-state index < -0.39 is 0 Å². The standard InChI is InChI=1S/C13H25NO4/c1-4-17-12(18-5-2)10-14-8-6-7-11(9-14)13(15)16-3/h11-12H,4-10H2,1-3H3/t11-/m0/s1. The molecule has 0 spiro atoms. The monoisotopic (exact) mass is 259 g/mol. The molecule has 1 heterocycles. The average Bonchev–Trinajstić information content (AvgIpc) is 2.39. The van der Waals surface area contributed by atoms with Gasteiger partial charge >= 0.3 is 5.97 Å². The number of hydrogen-bond acceptors (Lipinski definition) is 5. The predicted molar refractivity (Wildman–Crippen MR) is 68.2 cm³/mol. The van der Waals surface area contributed by atoms with E-state index >= 15 is 0 Å². The van der Waals surface area contributed by atoms with Gasteiger partial charge in [0.15, 0.2) is 6.29 Å². The maximum Gasteiger partial charge on any atom is 0.309 e. The van der Waals surface area contributed by atoms with Crippen molar-refractivity contribution >= 4 is 5.97 Å². The van der Waals surface area contributed by atoms with Crippen molar-refractivity contribution in [2.24, 2.45) is 5.92 Å². The van der Waals surface area contributed by atoms with Crippen molar-refractivity contribution in [2.75, 3.05) is 40.0 Å². The normalized spacial score (nSPS) is 21.2. The number of piperidine rings is 1. The number of hydrogen-bond donors (Lipinski definition) is 0. The van der Waals surface area contributed by atoms with E-state index in [1.807, 2.05) is 13.8 Å². The first-order chi connectivity index (χ1) is 8.71. The molecular weight excluding hydrogens is 234 g/mol. The van der Waals surface area contributed by atoms with E-state index in [1.54, 1.807) is 0 Å². The molecule has 5 nitrogen and oxygen atoms in total. The Bertz CT molecular complexity index is 241. The largest absolute Gasteiger partial charge is 0.469 e. The molecule has 1 fully saturated rings. The van der Waals surface area contributed by atoms with Crippen LogP contribution < -0.4 is 0 Å². The van der Waals surface area contributed by atoms with Gasteiger partial charge in [-0.05, 0) is 33.2 Å². The fourth-order valence-corrected chi connectivity index (χ4v) is 2.32. The minimum absolute atomic E-state index is 0.00680. The summed E-state index contributed by atoms with van der Waals surface area (Å²) in [5.41, 5.74) is 0. The van der Waals surface area contributed by atoms with Gasteiger partial charge in [0.1, 0.15) is 0 Å². The summed E-state index contributed by atoms with van der Waals surface area (Å²) >= 11 is 0. The third-order valence-corrected chi connectivity index (χ3v) is 3.15. The van der Waals surface area contributed by atoms with Gasteiger partial charge in [-0.15, -0.1) is 0 Å². The van der Waals surface area contributed by atoms with Crippen molar-refractivity contribution in [3.8, 4) is 0 Å². The molecule has 0 aromatic heterocycles. The van der Waals surface area contributed by atoms with Gasteiger partial charge < -0.3 is 14.2 Å². The Morgan fingerprint density at radius 3 is 2.56 bits per heavy atom. The molecule has 1 aliphatic heterocycles. The topological polar surface area (TPSA) is 48.0 Å². The van der Waals surface area contributed by atoms with Crippen LogP contribution in [0.3, 0.4) is 0 Å². The lowest BCUT2D eigenvalue weighted by molar-refractivity contribution is -0.157. The molecule has 0 N–H and O–H groups in total. The molecule has 1 atom stereocenters. The van der Waals surface area contributed by atoms with Crippen molar-refractivity contribution in [2.45, 2.75) is 33.0 Å². The highest BCUT2D eigenvalue weighted by molar-refractivity contribution is 5.72. The van der Waals surface area contributed by atoms with Gasteiger partial charge in [-0.25, -0.2) is 0 Å². The first-order valence-corrected chi connectivity index (χ1v) is 6.74. The van der Waals surface area contributed by atoms with Crippen LogP contribution in [0.5, 0.6) is 0 Å². The number of methoxy groups -OCH3 is 1. The number of carbonyl (C=O) groups is 1. The predicted octanol–water partition coefficient (Wildman–Crippen LogP) is 1.27. The van der Waals surface area contributed by atoms with Gasteiger partial charge in [-0.1, -0.05) is 0 Å². The van der Waals surface area contributed by atoms with Gasteiger partial charge in [0.2, 0.25) is 0 Å². The molecule has 18 heavy (non-hydrogen) atoms. The van der Waals surface area contributed by atoms with Crippen molar-refractivity contribution in [1.29, 1.82) is 0 Å². The van der Waals surface area contributed by atoms with E-state index in [1.165, 1.54) is 7.11 Å². The molecule has 0 radical (unpaired) electrons. The Labute approximate surface area is 109 Å². The molecule has 0 aliphatic carbocycles. The third-order valence-electron chi connectivity index (χ3n) is 3.15. The molecule has 0 saturated carbocycles. The first kappa shape index (κ1) is 15.4. The molecule has 0 bridgehead atoms. The molecular formula is C13H25NO4. The Morgan fingerprint density at radius 1 is 1.33 bits per heavy atom. The maximum absolute atomic E-state index is 11.5. The van der Waals surface area contributed by atoms with E-state index in [-0.39, 0.29) is 18.2 Å². The minimum atomic E-state index is -0.198. The van der Waals surface area contributed by atoms with Crippen molar-refractivity contribution in [1.82, 2.24) is 4.90 Å². The van der Waals surface area contributed by atoms with E-state index in [0.717, 1.165) is 32.5 Å². The highest BCUT2D eigenvalue weighted by atomic mass is 16.7. The fraction of sp³-hybridized carbons (Fsp3) is 0.923. The summed E-state index contributed by atoms with van der Waals surface area (Å²) in [4.78, 5) is 13.8. The Hall–Kier alpha value is -0.650. The van der Waals surface area contributed by atoms with E-state index in [2.05, 4.69) is 4.90 Å². The SMILES string of the molecule is CCOC(CN1CCC[C@H](C(=O)OC)C1)OCC. The van der Waals surface area contributed by atoms with E-state index in [4.69, 9.17) is 14.2 Å². The van der Waals surface area contributed by atoms with Gasteiger partial charge in [0, 0.05) is 26.3 Å². The summed E-state index contributed by atoms with van der Waals surface area (Å²) in [6, 6.07) is 0. The summed E-state index contributed by atoms with van der Waals surface area (Å²) in [5, 5.41) is 0. The molecule has 1 aliphatic rings. The Morgan fingerprint density at radius 2 is 2.00 bits per heavy atom. The van der Waals surface area contributed by atoms with Gasteiger partial charge in [0.25, 0.3) is 0 Å². The summed E-state index contributed by atoms with van der Waals surface area (Å²) in [6.45, 7) is 7.64. The number of esters is 1. The lowest BCUT2D eigenvalue weighted by Gasteiger charge is -2.33. The van der Waals surface area contributed by atoms with Crippen LogP contribution in [0.15, 0.2) is 0 Å². The number of carbonyl (C=O) groups excluding carboxylic acids is 1. The van der Waals surface area contributed by atoms with Crippen molar-refractivity contribution < 1.29 is 19.0 Å². The summed E-state index contributed by atoms with van der Waals surface area (Å²) < 4.78 is 15.9. The highest BCUT2D eigenvalue weighted by Gasteiger charge is 2.27. The summed E-state index contributed by atoms with van der Waals surface area (Å²) in [5.74, 6) is -0.114. The molecule has 1 rings (SSSR count). The van der Waals surface area contributed by atoms with Crippen LogP contribution >= 0.6 is 0 Å². The zero-order valence-electron chi connectivity index (χ0n) is 11.7. The number of likely N-dealkylation sites (tertiary alicyclic amines) is 1. The second kappa shape index (κ2) is 8.45. The lowest BCUT2D eigenvalue weighted by Crippen LogP contribution is -2.44. The molecule has 0 aromatic rings. The van der Waals surface area contributed by atoms with Crippen LogP contribution in [-0.4, -0.2) is 57.1 Å². The maximum atomic E-state index is 11.5. The zero-order valence-corrected chi connectivity index (χ0v) is 11.7. The molecule has 5 heteroatoms. The first-order valence-electron chi connectivity index (χ1n) is 6.74. The smallest absolute Gasteiger partial charge is 0.309 e. The lowest BCUT2D eigenvalue weighted by atomic mass is 9.98. The average molecular weight is 259 g/mol. The summed E-state index contributed by atoms with van der Waals surface area (Å²) in [7, 11) is 1.45. The molecule has 1 saturated heterocycles. The summed E-state index contributed by atoms with van der Waals surface area (Å²) in [6.07, 6.45) is 1.73. The van der Waals surface area contributed by atoms with Gasteiger partial charge in [-0.2, -0.15) is 0 Å². The Kier molecular flexibility index (Phi) is 7.23. The quantitative estimate of drug-likeness (QED) is 0.509. The van der Waals surface area contributed by atoms with Crippen molar-refractivity contribution in [3.63, 3.8) is 0 Å². The minimum Gasteiger partial charge on any atom is -0.469 e. The molecule has 0 amide bonds. The number of ether oxygens (including phenoxy) is 3. The molecule has 0 aromatic carbocycles. The van der Waals surface area contributed by atoms with Crippen LogP contribution in [0.25, 0.3) is 0 Å². The second-order valence-corrected chi connectivity index (χ2v) is 4.46. The third kappa shape index (κ3) is 4.92. The zero-order chi connectivity index (χ0) is 13.4. The molecule has 0 unspecified atom stereocenters. The number of nitrogens with zero attached hydrogens (tertiary/aromatic N) is 1. The highest BCUT2D eigenvalue weighted by Crippen LogP contribution is 2.18. The van der Waals surface area contributed by atoms with Crippen LogP contribution in [0.4, 0.5) is 0 Å².